The van der Waals surface area contributed by atoms with Gasteiger partial charge in [0.15, 0.2) is 0 Å². The first-order chi connectivity index (χ1) is 10.3. The molecule has 22 heavy (non-hydrogen) atoms. The number of nitriles is 1. The lowest BCUT2D eigenvalue weighted by atomic mass is 10.1. The van der Waals surface area contributed by atoms with Gasteiger partial charge in [-0.2, -0.15) is 5.26 Å². The molecule has 1 heterocycles. The first-order valence-corrected chi connectivity index (χ1v) is 8.70. The molecule has 0 fully saturated rings. The van der Waals surface area contributed by atoms with Crippen LogP contribution < -0.4 is 5.32 Å². The molecule has 0 unspecified atom stereocenters. The van der Waals surface area contributed by atoms with Crippen molar-refractivity contribution in [2.75, 3.05) is 0 Å². The molecule has 0 radical (unpaired) electrons. The van der Waals surface area contributed by atoms with E-state index in [0.29, 0.717) is 0 Å². The first-order valence-electron chi connectivity index (χ1n) is 6.40. The van der Waals surface area contributed by atoms with Gasteiger partial charge in [-0.25, -0.2) is 8.42 Å². The molecule has 0 aliphatic carbocycles. The predicted octanol–water partition coefficient (Wildman–Crippen LogP) is 2.61. The molecule has 1 amide bonds. The highest BCUT2D eigenvalue weighted by Gasteiger charge is 2.24. The van der Waals surface area contributed by atoms with Gasteiger partial charge in [0.25, 0.3) is 5.91 Å². The van der Waals surface area contributed by atoms with E-state index in [9.17, 15) is 13.2 Å². The Hall–Kier alpha value is -2.17. The Bertz CT molecular complexity index is 831. The fourth-order valence-electron chi connectivity index (χ4n) is 1.68. The number of thiophene rings is 1. The van der Waals surface area contributed by atoms with Crippen molar-refractivity contribution in [2.45, 2.75) is 28.5 Å². The highest BCUT2D eigenvalue weighted by molar-refractivity contribution is 7.93. The number of carbonyl (C=O) groups is 1. The zero-order valence-corrected chi connectivity index (χ0v) is 13.7. The Balaban J connectivity index is 2.30. The van der Waals surface area contributed by atoms with Gasteiger partial charge >= 0.3 is 0 Å². The van der Waals surface area contributed by atoms with E-state index in [2.05, 4.69) is 5.32 Å². The van der Waals surface area contributed by atoms with E-state index < -0.39 is 21.3 Å². The third-order valence-electron chi connectivity index (χ3n) is 2.83. The minimum Gasteiger partial charge on any atom is -0.334 e. The Kier molecular flexibility index (Phi) is 4.35. The quantitative estimate of drug-likeness (QED) is 0.931. The first kappa shape index (κ1) is 16.2. The van der Waals surface area contributed by atoms with E-state index in [1.807, 2.05) is 6.07 Å². The van der Waals surface area contributed by atoms with Crippen LogP contribution in [0.25, 0.3) is 0 Å². The summed E-state index contributed by atoms with van der Waals surface area (Å²) in [6, 6.07) is 12.8. The van der Waals surface area contributed by atoms with Gasteiger partial charge in [-0.05, 0) is 38.1 Å². The molecular weight excluding hydrogens is 320 g/mol. The predicted molar refractivity (Wildman–Crippen MR) is 83.4 cm³/mol. The maximum absolute atomic E-state index is 12.4. The third-order valence-corrected chi connectivity index (χ3v) is 6.17. The number of nitrogens with zero attached hydrogens (tertiary/aromatic N) is 1. The smallest absolute Gasteiger partial charge is 0.262 e. The van der Waals surface area contributed by atoms with Crippen molar-refractivity contribution in [1.82, 2.24) is 5.32 Å². The van der Waals surface area contributed by atoms with Crippen LogP contribution in [0.3, 0.4) is 0 Å². The normalized spacial score (nSPS) is 11.7. The number of hydrogen-bond donors (Lipinski definition) is 1. The second-order valence-electron chi connectivity index (χ2n) is 5.13. The topological polar surface area (TPSA) is 87.0 Å². The average Bonchev–Trinajstić information content (AvgIpc) is 2.98. The number of hydrogen-bond acceptors (Lipinski definition) is 5. The molecule has 0 aliphatic rings. The van der Waals surface area contributed by atoms with E-state index in [-0.39, 0.29) is 14.0 Å². The molecule has 0 saturated carbocycles. The minimum atomic E-state index is -3.63. The average molecular weight is 334 g/mol. The fourth-order valence-corrected chi connectivity index (χ4v) is 4.30. The van der Waals surface area contributed by atoms with Crippen LogP contribution in [0, 0.1) is 11.3 Å². The standard InChI is InChI=1S/C15H14N2O3S2/c1-15(2,10-16)17-14(18)12-8-9-13(21-12)22(19,20)11-6-4-3-5-7-11/h3-9H,1-2H3,(H,17,18). The second kappa shape index (κ2) is 5.91. The summed E-state index contributed by atoms with van der Waals surface area (Å²) in [6.07, 6.45) is 0. The van der Waals surface area contributed by atoms with Crippen molar-refractivity contribution in [3.63, 3.8) is 0 Å². The SMILES string of the molecule is CC(C)(C#N)NC(=O)c1ccc(S(=O)(=O)c2ccccc2)s1. The van der Waals surface area contributed by atoms with Gasteiger partial charge in [-0.15, -0.1) is 11.3 Å². The van der Waals surface area contributed by atoms with Crippen molar-refractivity contribution < 1.29 is 13.2 Å². The zero-order chi connectivity index (χ0) is 16.4. The molecule has 1 aromatic heterocycles. The van der Waals surface area contributed by atoms with E-state index >= 15 is 0 Å². The van der Waals surface area contributed by atoms with Gasteiger partial charge in [0.2, 0.25) is 9.84 Å². The second-order valence-corrected chi connectivity index (χ2v) is 8.39. The highest BCUT2D eigenvalue weighted by atomic mass is 32.2. The van der Waals surface area contributed by atoms with Crippen molar-refractivity contribution >= 4 is 27.1 Å². The van der Waals surface area contributed by atoms with Crippen molar-refractivity contribution in [1.29, 1.82) is 5.26 Å². The minimum absolute atomic E-state index is 0.0959. The lowest BCUT2D eigenvalue weighted by Gasteiger charge is -2.16. The molecule has 1 N–H and O–H groups in total. The van der Waals surface area contributed by atoms with Gasteiger partial charge in [0.05, 0.1) is 15.8 Å². The van der Waals surface area contributed by atoms with Crippen molar-refractivity contribution in [3.05, 3.63) is 47.3 Å². The number of amides is 1. The van der Waals surface area contributed by atoms with Crippen LogP contribution in [0.2, 0.25) is 0 Å². The molecule has 0 bridgehead atoms. The molecule has 2 rings (SSSR count). The molecule has 5 nitrogen and oxygen atoms in total. The molecule has 1 aromatic carbocycles. The van der Waals surface area contributed by atoms with Crippen molar-refractivity contribution in [2.24, 2.45) is 0 Å². The Morgan fingerprint density at radius 2 is 1.82 bits per heavy atom. The lowest BCUT2D eigenvalue weighted by Crippen LogP contribution is -2.41. The van der Waals surface area contributed by atoms with Gasteiger partial charge in [-0.3, -0.25) is 4.79 Å². The summed E-state index contributed by atoms with van der Waals surface area (Å²) in [5, 5.41) is 11.5. The molecule has 114 valence electrons. The third kappa shape index (κ3) is 3.35. The van der Waals surface area contributed by atoms with Gasteiger partial charge in [-0.1, -0.05) is 18.2 Å². The Labute approximate surface area is 133 Å². The number of rotatable bonds is 4. The zero-order valence-electron chi connectivity index (χ0n) is 12.0. The van der Waals surface area contributed by atoms with Crippen molar-refractivity contribution in [3.8, 4) is 6.07 Å². The summed E-state index contributed by atoms with van der Waals surface area (Å²) in [7, 11) is -3.63. The van der Waals surface area contributed by atoms with Gasteiger partial charge in [0.1, 0.15) is 9.75 Å². The van der Waals surface area contributed by atoms with Crippen LogP contribution in [-0.2, 0) is 9.84 Å². The summed E-state index contributed by atoms with van der Waals surface area (Å²) < 4.78 is 25.0. The molecular formula is C15H14N2O3S2. The van der Waals surface area contributed by atoms with Crippen LogP contribution in [0.5, 0.6) is 0 Å². The van der Waals surface area contributed by atoms with E-state index in [1.165, 1.54) is 24.3 Å². The maximum Gasteiger partial charge on any atom is 0.262 e. The van der Waals surface area contributed by atoms with Gasteiger partial charge in [0, 0.05) is 0 Å². The van der Waals surface area contributed by atoms with E-state index in [0.717, 1.165) is 11.3 Å². The summed E-state index contributed by atoms with van der Waals surface area (Å²) >= 11 is 0.885. The van der Waals surface area contributed by atoms with Crippen LogP contribution in [0.15, 0.2) is 51.6 Å². The maximum atomic E-state index is 12.4. The summed E-state index contributed by atoms with van der Waals surface area (Å²) in [5.41, 5.74) is -1.01. The van der Waals surface area contributed by atoms with Crippen LogP contribution in [0.4, 0.5) is 0 Å². The number of sulfone groups is 1. The molecule has 0 aliphatic heterocycles. The van der Waals surface area contributed by atoms with E-state index in [1.54, 1.807) is 32.0 Å². The highest BCUT2D eigenvalue weighted by Crippen LogP contribution is 2.27. The number of benzene rings is 1. The van der Waals surface area contributed by atoms with Gasteiger partial charge < -0.3 is 5.32 Å². The fraction of sp³-hybridized carbons (Fsp3) is 0.200. The van der Waals surface area contributed by atoms with Crippen LogP contribution >= 0.6 is 11.3 Å². The van der Waals surface area contributed by atoms with E-state index in [4.69, 9.17) is 5.26 Å². The van der Waals surface area contributed by atoms with Crippen LogP contribution in [0.1, 0.15) is 23.5 Å². The Morgan fingerprint density at radius 3 is 2.41 bits per heavy atom. The largest absolute Gasteiger partial charge is 0.334 e. The molecule has 0 saturated heterocycles. The summed E-state index contributed by atoms with van der Waals surface area (Å²) in [5.74, 6) is -0.467. The number of nitrogens with one attached hydrogen (secondary N) is 1. The number of carbonyl (C=O) groups excluding carboxylic acids is 1. The van der Waals surface area contributed by atoms with Crippen LogP contribution in [-0.4, -0.2) is 19.9 Å². The molecule has 0 spiro atoms. The summed E-state index contributed by atoms with van der Waals surface area (Å²) in [4.78, 5) is 12.5. The molecule has 0 atom stereocenters. The molecule has 7 heteroatoms. The molecule has 2 aromatic rings. The lowest BCUT2D eigenvalue weighted by molar-refractivity contribution is 0.0933. The summed E-state index contributed by atoms with van der Waals surface area (Å²) in [6.45, 7) is 3.14. The Morgan fingerprint density at radius 1 is 1.18 bits per heavy atom. The monoisotopic (exact) mass is 334 g/mol.